The Morgan fingerprint density at radius 2 is 1.63 bits per heavy atom. The third-order valence-electron chi connectivity index (χ3n) is 5.29. The first-order valence-corrected chi connectivity index (χ1v) is 13.5. The number of nitrogens with zero attached hydrogens (tertiary/aromatic N) is 2. The van der Waals surface area contributed by atoms with Gasteiger partial charge in [-0.15, -0.1) is 0 Å². The third kappa shape index (κ3) is 8.17. The van der Waals surface area contributed by atoms with Crippen molar-refractivity contribution in [3.63, 3.8) is 0 Å². The molecule has 0 aliphatic rings. The minimum absolute atomic E-state index is 0.0338. The summed E-state index contributed by atoms with van der Waals surface area (Å²) in [5, 5.41) is 6.70. The molecule has 200 valence electrons. The normalized spacial score (nSPS) is 11.4. The zero-order valence-electron chi connectivity index (χ0n) is 21.8. The fourth-order valence-electron chi connectivity index (χ4n) is 3.44. The van der Waals surface area contributed by atoms with Crippen LogP contribution in [-0.4, -0.2) is 45.6 Å². The number of anilines is 1. The molecular weight excluding hydrogens is 504 g/mol. The van der Waals surface area contributed by atoms with E-state index in [2.05, 4.69) is 15.8 Å². The van der Waals surface area contributed by atoms with Gasteiger partial charge in [0.2, 0.25) is 0 Å². The van der Waals surface area contributed by atoms with Gasteiger partial charge < -0.3 is 10.1 Å². The molecule has 38 heavy (non-hydrogen) atoms. The molecule has 2 N–H and O–H groups in total. The number of rotatable bonds is 11. The Bertz CT molecular complexity index is 1390. The van der Waals surface area contributed by atoms with Crippen LogP contribution >= 0.6 is 0 Å². The van der Waals surface area contributed by atoms with Gasteiger partial charge in [0, 0.05) is 6.04 Å². The highest BCUT2D eigenvalue weighted by molar-refractivity contribution is 7.92. The number of hydrazone groups is 1. The number of nitrogens with one attached hydrogen (secondary N) is 2. The molecule has 0 unspecified atom stereocenters. The number of carbonyl (C=O) groups excluding carboxylic acids is 2. The van der Waals surface area contributed by atoms with Gasteiger partial charge in [-0.3, -0.25) is 13.9 Å². The highest BCUT2D eigenvalue weighted by Gasteiger charge is 2.27. The van der Waals surface area contributed by atoms with Gasteiger partial charge in [0.05, 0.1) is 16.8 Å². The summed E-state index contributed by atoms with van der Waals surface area (Å²) in [6.45, 7) is 6.91. The standard InChI is InChI=1S/C28H32N4O5S/c1-20(2)30-28(34)19-37-25-12-10-23(11-13-25)17-29-31-27(33)18-32(24-7-5-6-22(4)16-24)38(35,36)26-14-8-21(3)9-15-26/h5-17,20H,18-19H2,1-4H3,(H,30,34)(H,31,33)/b29-17-. The summed E-state index contributed by atoms with van der Waals surface area (Å²) in [6, 6.07) is 20.2. The largest absolute Gasteiger partial charge is 0.484 e. The van der Waals surface area contributed by atoms with Crippen molar-refractivity contribution < 1.29 is 22.7 Å². The van der Waals surface area contributed by atoms with E-state index in [0.29, 0.717) is 17.0 Å². The van der Waals surface area contributed by atoms with E-state index in [-0.39, 0.29) is 23.5 Å². The summed E-state index contributed by atoms with van der Waals surface area (Å²) in [5.41, 5.74) is 5.23. The molecule has 0 spiro atoms. The maximum absolute atomic E-state index is 13.4. The molecule has 0 bridgehead atoms. The predicted octanol–water partition coefficient (Wildman–Crippen LogP) is 3.55. The van der Waals surface area contributed by atoms with Crippen LogP contribution in [0, 0.1) is 13.8 Å². The quantitative estimate of drug-likeness (QED) is 0.287. The maximum atomic E-state index is 13.4. The Morgan fingerprint density at radius 3 is 2.26 bits per heavy atom. The van der Waals surface area contributed by atoms with Crippen molar-refractivity contribution in [3.8, 4) is 5.75 Å². The molecule has 0 fully saturated rings. The molecule has 0 heterocycles. The fraction of sp³-hybridized carbons (Fsp3) is 0.250. The van der Waals surface area contributed by atoms with E-state index in [1.54, 1.807) is 54.6 Å². The molecular formula is C28H32N4O5S. The van der Waals surface area contributed by atoms with Gasteiger partial charge >= 0.3 is 0 Å². The number of amides is 2. The molecule has 3 rings (SSSR count). The second-order valence-corrected chi connectivity index (χ2v) is 10.9. The van der Waals surface area contributed by atoms with E-state index in [9.17, 15) is 18.0 Å². The Morgan fingerprint density at radius 1 is 0.947 bits per heavy atom. The first-order valence-electron chi connectivity index (χ1n) is 12.0. The monoisotopic (exact) mass is 536 g/mol. The predicted molar refractivity (Wildman–Crippen MR) is 148 cm³/mol. The number of sulfonamides is 1. The van der Waals surface area contributed by atoms with E-state index < -0.39 is 22.5 Å². The number of hydrogen-bond donors (Lipinski definition) is 2. The molecule has 2 amide bonds. The Labute approximate surface area is 223 Å². The van der Waals surface area contributed by atoms with Crippen molar-refractivity contribution in [1.82, 2.24) is 10.7 Å². The van der Waals surface area contributed by atoms with Crippen LogP contribution in [0.1, 0.15) is 30.5 Å². The van der Waals surface area contributed by atoms with Crippen LogP contribution in [0.2, 0.25) is 0 Å². The van der Waals surface area contributed by atoms with Crippen molar-refractivity contribution >= 4 is 33.7 Å². The molecule has 3 aromatic rings. The molecule has 0 atom stereocenters. The van der Waals surface area contributed by atoms with Crippen molar-refractivity contribution in [1.29, 1.82) is 0 Å². The minimum Gasteiger partial charge on any atom is -0.484 e. The van der Waals surface area contributed by atoms with Crippen LogP contribution in [0.5, 0.6) is 5.75 Å². The smallest absolute Gasteiger partial charge is 0.264 e. The fourth-order valence-corrected chi connectivity index (χ4v) is 4.86. The second-order valence-electron chi connectivity index (χ2n) is 9.04. The van der Waals surface area contributed by atoms with Crippen molar-refractivity contribution in [2.75, 3.05) is 17.5 Å². The van der Waals surface area contributed by atoms with Gasteiger partial charge in [-0.2, -0.15) is 5.10 Å². The van der Waals surface area contributed by atoms with E-state index in [4.69, 9.17) is 4.74 Å². The molecule has 9 nitrogen and oxygen atoms in total. The molecule has 3 aromatic carbocycles. The molecule has 0 saturated heterocycles. The first kappa shape index (κ1) is 28.4. The molecule has 0 aromatic heterocycles. The molecule has 0 radical (unpaired) electrons. The third-order valence-corrected chi connectivity index (χ3v) is 7.08. The van der Waals surface area contributed by atoms with E-state index in [1.807, 2.05) is 33.8 Å². The molecule has 0 saturated carbocycles. The lowest BCUT2D eigenvalue weighted by molar-refractivity contribution is -0.123. The van der Waals surface area contributed by atoms with Gasteiger partial charge in [-0.1, -0.05) is 29.8 Å². The lowest BCUT2D eigenvalue weighted by Gasteiger charge is -2.24. The van der Waals surface area contributed by atoms with E-state index in [0.717, 1.165) is 15.4 Å². The lowest BCUT2D eigenvalue weighted by atomic mass is 10.2. The lowest BCUT2D eigenvalue weighted by Crippen LogP contribution is -2.39. The highest BCUT2D eigenvalue weighted by atomic mass is 32.2. The first-order chi connectivity index (χ1) is 18.0. The van der Waals surface area contributed by atoms with Crippen LogP contribution in [0.15, 0.2) is 82.8 Å². The Balaban J connectivity index is 1.66. The minimum atomic E-state index is -4.00. The average molecular weight is 537 g/mol. The SMILES string of the molecule is Cc1ccc(S(=O)(=O)N(CC(=O)N/N=C\c2ccc(OCC(=O)NC(C)C)cc2)c2cccc(C)c2)cc1. The molecule has 0 aliphatic heterocycles. The van der Waals surface area contributed by atoms with Crippen molar-refractivity contribution in [2.24, 2.45) is 5.10 Å². The summed E-state index contributed by atoms with van der Waals surface area (Å²) in [6.07, 6.45) is 1.43. The van der Waals surface area contributed by atoms with Gasteiger partial charge in [0.25, 0.3) is 21.8 Å². The number of hydrogen-bond acceptors (Lipinski definition) is 6. The number of ether oxygens (including phenoxy) is 1. The molecule has 0 aliphatic carbocycles. The Kier molecular flexibility index (Phi) is 9.61. The molecule has 10 heteroatoms. The van der Waals surface area contributed by atoms with Gasteiger partial charge in [-0.25, -0.2) is 13.8 Å². The topological polar surface area (TPSA) is 117 Å². The van der Waals surface area contributed by atoms with Crippen molar-refractivity contribution in [2.45, 2.75) is 38.6 Å². The van der Waals surface area contributed by atoms with Crippen LogP contribution in [0.3, 0.4) is 0 Å². The zero-order chi connectivity index (χ0) is 27.7. The summed E-state index contributed by atoms with van der Waals surface area (Å²) < 4.78 is 33.4. The van der Waals surface area contributed by atoms with E-state index in [1.165, 1.54) is 18.3 Å². The van der Waals surface area contributed by atoms with Gasteiger partial charge in [-0.05, 0) is 87.4 Å². The summed E-state index contributed by atoms with van der Waals surface area (Å²) in [4.78, 5) is 24.5. The maximum Gasteiger partial charge on any atom is 0.264 e. The van der Waals surface area contributed by atoms with Crippen LogP contribution in [-0.2, 0) is 19.6 Å². The van der Waals surface area contributed by atoms with Crippen LogP contribution in [0.25, 0.3) is 0 Å². The Hall–Kier alpha value is -4.18. The van der Waals surface area contributed by atoms with Crippen LogP contribution in [0.4, 0.5) is 5.69 Å². The summed E-state index contributed by atoms with van der Waals surface area (Å²) in [5.74, 6) is -0.299. The van der Waals surface area contributed by atoms with Gasteiger partial charge in [0.15, 0.2) is 6.61 Å². The van der Waals surface area contributed by atoms with Crippen LogP contribution < -0.4 is 19.8 Å². The second kappa shape index (κ2) is 12.9. The summed E-state index contributed by atoms with van der Waals surface area (Å²) in [7, 11) is -4.00. The summed E-state index contributed by atoms with van der Waals surface area (Å²) >= 11 is 0. The number of carbonyl (C=O) groups is 2. The number of aryl methyl sites for hydroxylation is 2. The van der Waals surface area contributed by atoms with E-state index >= 15 is 0 Å². The highest BCUT2D eigenvalue weighted by Crippen LogP contribution is 2.24. The van der Waals surface area contributed by atoms with Crippen molar-refractivity contribution in [3.05, 3.63) is 89.5 Å². The zero-order valence-corrected chi connectivity index (χ0v) is 22.7. The van der Waals surface area contributed by atoms with Gasteiger partial charge in [0.1, 0.15) is 12.3 Å². The number of benzene rings is 3. The average Bonchev–Trinajstić information content (AvgIpc) is 2.86.